The topological polar surface area (TPSA) is 43.6 Å². The van der Waals surface area contributed by atoms with Crippen LogP contribution in [0.15, 0.2) is 58.4 Å². The molecule has 0 unspecified atom stereocenters. The maximum atomic E-state index is 12.1. The Morgan fingerprint density at radius 1 is 1.09 bits per heavy atom. The molecule has 0 amide bonds. The van der Waals surface area contributed by atoms with Gasteiger partial charge < -0.3 is 4.74 Å². The standard InChI is InChI=1S/C19H18N2O2/c1-13-10-14(2)21(19(22)11-13)20-12-17-16-7-5-4-6-15(16)8-9-18(17)23-3/h4-12H,1-3H3. The van der Waals surface area contributed by atoms with E-state index in [4.69, 9.17) is 4.74 Å². The number of pyridine rings is 1. The summed E-state index contributed by atoms with van der Waals surface area (Å²) < 4.78 is 6.84. The average Bonchev–Trinajstić information content (AvgIpc) is 2.53. The summed E-state index contributed by atoms with van der Waals surface area (Å²) in [6, 6.07) is 15.4. The highest BCUT2D eigenvalue weighted by Gasteiger charge is 2.06. The van der Waals surface area contributed by atoms with E-state index in [-0.39, 0.29) is 5.56 Å². The molecule has 0 aliphatic carbocycles. The normalized spacial score (nSPS) is 11.3. The Kier molecular flexibility index (Phi) is 3.98. The lowest BCUT2D eigenvalue weighted by Gasteiger charge is -2.09. The van der Waals surface area contributed by atoms with Crippen molar-refractivity contribution in [3.63, 3.8) is 0 Å². The molecule has 0 bridgehead atoms. The van der Waals surface area contributed by atoms with Crippen molar-refractivity contribution in [3.8, 4) is 5.75 Å². The van der Waals surface area contributed by atoms with Crippen LogP contribution in [0, 0.1) is 13.8 Å². The van der Waals surface area contributed by atoms with E-state index in [1.165, 1.54) is 4.68 Å². The molecule has 1 aromatic heterocycles. The summed E-state index contributed by atoms with van der Waals surface area (Å²) in [7, 11) is 1.63. The van der Waals surface area contributed by atoms with Crippen molar-refractivity contribution in [2.75, 3.05) is 7.11 Å². The summed E-state index contributed by atoms with van der Waals surface area (Å²) >= 11 is 0. The number of rotatable bonds is 3. The van der Waals surface area contributed by atoms with Gasteiger partial charge in [-0.2, -0.15) is 5.10 Å². The predicted molar refractivity (Wildman–Crippen MR) is 93.7 cm³/mol. The molecule has 0 aliphatic heterocycles. The number of benzene rings is 2. The summed E-state index contributed by atoms with van der Waals surface area (Å²) in [5.41, 5.74) is 2.45. The first kappa shape index (κ1) is 15.0. The molecule has 0 aliphatic rings. The largest absolute Gasteiger partial charge is 0.496 e. The van der Waals surface area contributed by atoms with Gasteiger partial charge in [-0.25, -0.2) is 4.68 Å². The van der Waals surface area contributed by atoms with E-state index in [9.17, 15) is 4.79 Å². The minimum atomic E-state index is -0.141. The van der Waals surface area contributed by atoms with Gasteiger partial charge in [0.25, 0.3) is 5.56 Å². The number of hydrogen-bond acceptors (Lipinski definition) is 3. The fourth-order valence-electron chi connectivity index (χ4n) is 2.71. The molecule has 3 aromatic rings. The SMILES string of the molecule is COc1ccc2ccccc2c1C=Nn1c(C)cc(C)cc1=O. The van der Waals surface area contributed by atoms with Crippen molar-refractivity contribution in [2.45, 2.75) is 13.8 Å². The van der Waals surface area contributed by atoms with Crippen LogP contribution in [0.3, 0.4) is 0 Å². The lowest BCUT2D eigenvalue weighted by molar-refractivity contribution is 0.415. The first-order valence-corrected chi connectivity index (χ1v) is 7.40. The Hall–Kier alpha value is -2.88. The maximum Gasteiger partial charge on any atom is 0.271 e. The van der Waals surface area contributed by atoms with E-state index in [0.29, 0.717) is 0 Å². The summed E-state index contributed by atoms with van der Waals surface area (Å²) in [6.07, 6.45) is 1.69. The van der Waals surface area contributed by atoms with Crippen LogP contribution in [0.4, 0.5) is 0 Å². The number of ether oxygens (including phenoxy) is 1. The molecule has 0 fully saturated rings. The second-order valence-corrected chi connectivity index (χ2v) is 5.47. The third-order valence-corrected chi connectivity index (χ3v) is 3.78. The molecule has 4 nitrogen and oxygen atoms in total. The highest BCUT2D eigenvalue weighted by molar-refractivity contribution is 6.02. The molecular formula is C19H18N2O2. The summed E-state index contributed by atoms with van der Waals surface area (Å²) in [6.45, 7) is 3.77. The van der Waals surface area contributed by atoms with Gasteiger partial charge in [0.05, 0.1) is 13.3 Å². The molecule has 2 aromatic carbocycles. The first-order chi connectivity index (χ1) is 11.1. The molecule has 0 saturated carbocycles. The van der Waals surface area contributed by atoms with Crippen molar-refractivity contribution in [3.05, 3.63) is 75.7 Å². The highest BCUT2D eigenvalue weighted by atomic mass is 16.5. The lowest BCUT2D eigenvalue weighted by atomic mass is 10.0. The Morgan fingerprint density at radius 3 is 2.61 bits per heavy atom. The van der Waals surface area contributed by atoms with E-state index in [1.54, 1.807) is 19.4 Å². The van der Waals surface area contributed by atoms with Gasteiger partial charge in [-0.15, -0.1) is 0 Å². The lowest BCUT2D eigenvalue weighted by Crippen LogP contribution is -2.18. The van der Waals surface area contributed by atoms with Gasteiger partial charge in [-0.1, -0.05) is 30.3 Å². The Balaban J connectivity index is 2.17. The van der Waals surface area contributed by atoms with Gasteiger partial charge in [-0.3, -0.25) is 4.79 Å². The summed E-state index contributed by atoms with van der Waals surface area (Å²) in [4.78, 5) is 12.1. The molecule has 0 radical (unpaired) electrons. The second-order valence-electron chi connectivity index (χ2n) is 5.47. The van der Waals surface area contributed by atoms with Gasteiger partial charge >= 0.3 is 0 Å². The molecule has 4 heteroatoms. The zero-order valence-corrected chi connectivity index (χ0v) is 13.4. The molecule has 0 atom stereocenters. The quantitative estimate of drug-likeness (QED) is 0.695. The Bertz CT molecular complexity index is 955. The van der Waals surface area contributed by atoms with Crippen molar-refractivity contribution < 1.29 is 4.74 Å². The number of aryl methyl sites for hydroxylation is 2. The van der Waals surface area contributed by atoms with Gasteiger partial charge in [0.15, 0.2) is 0 Å². The Labute approximate surface area is 134 Å². The molecule has 0 spiro atoms. The van der Waals surface area contributed by atoms with Gasteiger partial charge in [0.1, 0.15) is 5.75 Å². The minimum absolute atomic E-state index is 0.141. The van der Waals surface area contributed by atoms with Crippen LogP contribution in [0.25, 0.3) is 10.8 Å². The molecular weight excluding hydrogens is 288 g/mol. The number of fused-ring (bicyclic) bond motifs is 1. The van der Waals surface area contributed by atoms with E-state index < -0.39 is 0 Å². The van der Waals surface area contributed by atoms with Crippen LogP contribution in [0.2, 0.25) is 0 Å². The van der Waals surface area contributed by atoms with Gasteiger partial charge in [-0.05, 0) is 42.3 Å². The zero-order chi connectivity index (χ0) is 16.4. The van der Waals surface area contributed by atoms with E-state index in [0.717, 1.165) is 33.3 Å². The molecule has 1 heterocycles. The second kappa shape index (κ2) is 6.08. The number of hydrogen-bond donors (Lipinski definition) is 0. The van der Waals surface area contributed by atoms with E-state index >= 15 is 0 Å². The molecule has 0 saturated heterocycles. The number of nitrogens with zero attached hydrogens (tertiary/aromatic N) is 2. The molecule has 116 valence electrons. The first-order valence-electron chi connectivity index (χ1n) is 7.40. The van der Waals surface area contributed by atoms with Crippen molar-refractivity contribution in [1.82, 2.24) is 4.68 Å². The third-order valence-electron chi connectivity index (χ3n) is 3.78. The van der Waals surface area contributed by atoms with Crippen LogP contribution in [0.5, 0.6) is 5.75 Å². The van der Waals surface area contributed by atoms with Crippen molar-refractivity contribution in [1.29, 1.82) is 0 Å². The third kappa shape index (κ3) is 2.88. The van der Waals surface area contributed by atoms with Crippen LogP contribution in [-0.2, 0) is 0 Å². The summed E-state index contributed by atoms with van der Waals surface area (Å²) in [5, 5.41) is 6.51. The van der Waals surface area contributed by atoms with Crippen LogP contribution >= 0.6 is 0 Å². The van der Waals surface area contributed by atoms with Crippen molar-refractivity contribution in [2.24, 2.45) is 5.10 Å². The molecule has 3 rings (SSSR count). The fourth-order valence-corrected chi connectivity index (χ4v) is 2.71. The number of methoxy groups -OCH3 is 1. The van der Waals surface area contributed by atoms with Crippen LogP contribution in [0.1, 0.15) is 16.8 Å². The van der Waals surface area contributed by atoms with Crippen LogP contribution in [-0.4, -0.2) is 18.0 Å². The maximum absolute atomic E-state index is 12.1. The smallest absolute Gasteiger partial charge is 0.271 e. The molecule has 0 N–H and O–H groups in total. The van der Waals surface area contributed by atoms with Crippen LogP contribution < -0.4 is 10.3 Å². The zero-order valence-electron chi connectivity index (χ0n) is 13.4. The van der Waals surface area contributed by atoms with E-state index in [1.807, 2.05) is 56.3 Å². The van der Waals surface area contributed by atoms with Crippen molar-refractivity contribution >= 4 is 17.0 Å². The van der Waals surface area contributed by atoms with Gasteiger partial charge in [0, 0.05) is 17.3 Å². The van der Waals surface area contributed by atoms with Gasteiger partial charge in [0.2, 0.25) is 0 Å². The summed E-state index contributed by atoms with van der Waals surface area (Å²) in [5.74, 6) is 0.727. The Morgan fingerprint density at radius 2 is 1.87 bits per heavy atom. The monoisotopic (exact) mass is 306 g/mol. The van der Waals surface area contributed by atoms with E-state index in [2.05, 4.69) is 5.10 Å². The highest BCUT2D eigenvalue weighted by Crippen LogP contribution is 2.26. The molecule has 23 heavy (non-hydrogen) atoms. The number of aromatic nitrogens is 1. The minimum Gasteiger partial charge on any atom is -0.496 e. The average molecular weight is 306 g/mol. The fraction of sp³-hybridized carbons (Fsp3) is 0.158. The predicted octanol–water partition coefficient (Wildman–Crippen LogP) is 3.51.